The van der Waals surface area contributed by atoms with Gasteiger partial charge in [0.2, 0.25) is 0 Å². The molecule has 0 unspecified atom stereocenters. The van der Waals surface area contributed by atoms with Gasteiger partial charge in [0.05, 0.1) is 16.9 Å². The first-order chi connectivity index (χ1) is 13.4. The van der Waals surface area contributed by atoms with E-state index in [4.69, 9.17) is 21.8 Å². The molecule has 0 aliphatic heterocycles. The number of hydrogen-bond acceptors (Lipinski definition) is 4. The average Bonchev–Trinajstić information content (AvgIpc) is 3.22. The van der Waals surface area contributed by atoms with Crippen LogP contribution in [0.5, 0.6) is 0 Å². The van der Waals surface area contributed by atoms with Crippen LogP contribution in [0.2, 0.25) is 5.02 Å². The Kier molecular flexibility index (Phi) is 6.16. The summed E-state index contributed by atoms with van der Waals surface area (Å²) in [5.41, 5.74) is 8.71. The van der Waals surface area contributed by atoms with Crippen molar-refractivity contribution in [2.75, 3.05) is 6.54 Å². The highest BCUT2D eigenvalue weighted by molar-refractivity contribution is 6.33. The van der Waals surface area contributed by atoms with Crippen LogP contribution in [0.1, 0.15) is 27.4 Å². The minimum absolute atomic E-state index is 0.167. The summed E-state index contributed by atoms with van der Waals surface area (Å²) in [6.45, 7) is 1.47. The van der Waals surface area contributed by atoms with E-state index in [0.29, 0.717) is 34.0 Å². The van der Waals surface area contributed by atoms with E-state index in [0.717, 1.165) is 5.56 Å². The summed E-state index contributed by atoms with van der Waals surface area (Å²) < 4.78 is 20.1. The molecule has 1 atom stereocenters. The van der Waals surface area contributed by atoms with Crippen molar-refractivity contribution in [3.8, 4) is 11.3 Å². The average molecular weight is 405 g/mol. The number of furan rings is 1. The third-order valence-corrected chi connectivity index (χ3v) is 4.81. The van der Waals surface area contributed by atoms with Crippen molar-refractivity contribution in [3.05, 3.63) is 64.2 Å². The van der Waals surface area contributed by atoms with E-state index in [1.807, 2.05) is 6.07 Å². The molecule has 0 aliphatic carbocycles. The fraction of sp³-hybridized carbons (Fsp3) is 0.300. The normalized spacial score (nSPS) is 12.2. The second-order valence-electron chi connectivity index (χ2n) is 6.61. The van der Waals surface area contributed by atoms with Gasteiger partial charge in [-0.25, -0.2) is 4.39 Å². The molecule has 8 heteroatoms. The summed E-state index contributed by atoms with van der Waals surface area (Å²) in [4.78, 5) is 12.7. The molecule has 1 amide bonds. The summed E-state index contributed by atoms with van der Waals surface area (Å²) in [5, 5.41) is 7.46. The Morgan fingerprint density at radius 1 is 1.39 bits per heavy atom. The molecule has 28 heavy (non-hydrogen) atoms. The van der Waals surface area contributed by atoms with Gasteiger partial charge in [-0.1, -0.05) is 35.9 Å². The van der Waals surface area contributed by atoms with Crippen LogP contribution in [0, 0.1) is 6.92 Å². The standard InChI is InChI=1S/C20H22ClFN4O2/c1-12-16(19-17(21)11-24-26(19)2)8-18(28-12)20(27)25-15(10-23)7-13-4-3-5-14(6-13)9-22/h3-6,8,11,15H,7,9-10,23H2,1-2H3,(H,25,27)/t15-/m0/s1. The number of carbonyl (C=O) groups excluding carboxylic acids is 1. The lowest BCUT2D eigenvalue weighted by atomic mass is 10.0. The number of rotatable bonds is 7. The molecule has 3 N–H and O–H groups in total. The maximum Gasteiger partial charge on any atom is 0.287 e. The zero-order valence-electron chi connectivity index (χ0n) is 15.7. The molecule has 0 radical (unpaired) electrons. The van der Waals surface area contributed by atoms with Crippen molar-refractivity contribution in [1.82, 2.24) is 15.1 Å². The van der Waals surface area contributed by atoms with Gasteiger partial charge in [-0.2, -0.15) is 5.10 Å². The van der Waals surface area contributed by atoms with E-state index in [2.05, 4.69) is 10.4 Å². The quantitative estimate of drug-likeness (QED) is 0.631. The smallest absolute Gasteiger partial charge is 0.287 e. The Morgan fingerprint density at radius 3 is 2.79 bits per heavy atom. The van der Waals surface area contributed by atoms with E-state index < -0.39 is 6.67 Å². The highest BCUT2D eigenvalue weighted by Gasteiger charge is 2.21. The summed E-state index contributed by atoms with van der Waals surface area (Å²) >= 11 is 6.19. The van der Waals surface area contributed by atoms with Crippen LogP contribution in [0.3, 0.4) is 0 Å². The zero-order chi connectivity index (χ0) is 20.3. The predicted octanol–water partition coefficient (Wildman–Crippen LogP) is 3.41. The number of alkyl halides is 1. The number of aromatic nitrogens is 2. The van der Waals surface area contributed by atoms with E-state index >= 15 is 0 Å². The molecule has 0 saturated heterocycles. The van der Waals surface area contributed by atoms with Gasteiger partial charge in [0, 0.05) is 25.2 Å². The summed E-state index contributed by atoms with van der Waals surface area (Å²) in [6.07, 6.45) is 2.04. The van der Waals surface area contributed by atoms with Crippen LogP contribution in [0.25, 0.3) is 11.3 Å². The molecule has 1 aromatic carbocycles. The fourth-order valence-corrected chi connectivity index (χ4v) is 3.38. The predicted molar refractivity (Wildman–Crippen MR) is 106 cm³/mol. The van der Waals surface area contributed by atoms with Gasteiger partial charge >= 0.3 is 0 Å². The summed E-state index contributed by atoms with van der Waals surface area (Å²) in [5.74, 6) is 0.362. The van der Waals surface area contributed by atoms with Crippen LogP contribution in [-0.4, -0.2) is 28.3 Å². The number of nitrogens with one attached hydrogen (secondary N) is 1. The highest BCUT2D eigenvalue weighted by atomic mass is 35.5. The monoisotopic (exact) mass is 404 g/mol. The minimum Gasteiger partial charge on any atom is -0.455 e. The summed E-state index contributed by atoms with van der Waals surface area (Å²) in [6, 6.07) is 8.50. The second kappa shape index (κ2) is 8.58. The van der Waals surface area contributed by atoms with Gasteiger partial charge in [0.15, 0.2) is 5.76 Å². The maximum absolute atomic E-state index is 12.8. The van der Waals surface area contributed by atoms with Crippen molar-refractivity contribution in [1.29, 1.82) is 0 Å². The zero-order valence-corrected chi connectivity index (χ0v) is 16.5. The molecule has 3 rings (SSSR count). The molecule has 0 aliphatic rings. The molecule has 0 bridgehead atoms. The van der Waals surface area contributed by atoms with Crippen LogP contribution in [0.15, 0.2) is 40.9 Å². The first kappa shape index (κ1) is 20.1. The van der Waals surface area contributed by atoms with Crippen LogP contribution < -0.4 is 11.1 Å². The van der Waals surface area contributed by atoms with Crippen molar-refractivity contribution in [2.45, 2.75) is 26.1 Å². The van der Waals surface area contributed by atoms with Crippen LogP contribution in [-0.2, 0) is 20.1 Å². The Bertz CT molecular complexity index is 963. The number of aryl methyl sites for hydroxylation is 2. The molecule has 3 aromatic rings. The van der Waals surface area contributed by atoms with E-state index in [-0.39, 0.29) is 24.3 Å². The molecule has 0 saturated carbocycles. The minimum atomic E-state index is -0.529. The summed E-state index contributed by atoms with van der Waals surface area (Å²) in [7, 11) is 1.77. The molecular formula is C20H22ClFN4O2. The fourth-order valence-electron chi connectivity index (χ4n) is 3.12. The number of halogens is 2. The first-order valence-electron chi connectivity index (χ1n) is 8.86. The lowest BCUT2D eigenvalue weighted by Gasteiger charge is -2.16. The Morgan fingerprint density at radius 2 is 2.14 bits per heavy atom. The number of benzene rings is 1. The number of hydrogen-bond donors (Lipinski definition) is 2. The van der Waals surface area contributed by atoms with Crippen molar-refractivity contribution >= 4 is 17.5 Å². The van der Waals surface area contributed by atoms with Gasteiger partial charge in [0.25, 0.3) is 5.91 Å². The molecule has 2 heterocycles. The molecule has 6 nitrogen and oxygen atoms in total. The van der Waals surface area contributed by atoms with E-state index in [1.165, 1.54) is 0 Å². The molecule has 0 spiro atoms. The van der Waals surface area contributed by atoms with E-state index in [9.17, 15) is 9.18 Å². The lowest BCUT2D eigenvalue weighted by molar-refractivity contribution is 0.0908. The highest BCUT2D eigenvalue weighted by Crippen LogP contribution is 2.31. The Balaban J connectivity index is 1.75. The van der Waals surface area contributed by atoms with E-state index in [1.54, 1.807) is 49.1 Å². The van der Waals surface area contributed by atoms with Crippen molar-refractivity contribution in [2.24, 2.45) is 12.8 Å². The van der Waals surface area contributed by atoms with Crippen molar-refractivity contribution < 1.29 is 13.6 Å². The Labute approximate surface area is 167 Å². The number of carbonyl (C=O) groups is 1. The number of nitrogens with two attached hydrogens (primary N) is 1. The topological polar surface area (TPSA) is 86.1 Å². The number of amides is 1. The van der Waals surface area contributed by atoms with Crippen LogP contribution in [0.4, 0.5) is 4.39 Å². The van der Waals surface area contributed by atoms with Gasteiger partial charge in [-0.3, -0.25) is 9.48 Å². The largest absolute Gasteiger partial charge is 0.455 e. The molecule has 148 valence electrons. The van der Waals surface area contributed by atoms with Crippen LogP contribution >= 0.6 is 11.6 Å². The van der Waals surface area contributed by atoms with Gasteiger partial charge in [0.1, 0.15) is 12.4 Å². The third kappa shape index (κ3) is 4.26. The molecular weight excluding hydrogens is 383 g/mol. The molecule has 2 aromatic heterocycles. The first-order valence-corrected chi connectivity index (χ1v) is 9.23. The number of nitrogens with zero attached hydrogens (tertiary/aromatic N) is 2. The van der Waals surface area contributed by atoms with Gasteiger partial charge < -0.3 is 15.5 Å². The maximum atomic E-state index is 12.8. The SMILES string of the molecule is Cc1oc(C(=O)N[C@H](CN)Cc2cccc(CF)c2)cc1-c1c(Cl)cnn1C. The van der Waals surface area contributed by atoms with Gasteiger partial charge in [-0.15, -0.1) is 0 Å². The second-order valence-corrected chi connectivity index (χ2v) is 7.02. The lowest BCUT2D eigenvalue weighted by Crippen LogP contribution is -2.41. The molecule has 0 fully saturated rings. The Hall–Kier alpha value is -2.64. The van der Waals surface area contributed by atoms with Crippen molar-refractivity contribution in [3.63, 3.8) is 0 Å². The third-order valence-electron chi connectivity index (χ3n) is 4.54. The van der Waals surface area contributed by atoms with Gasteiger partial charge in [-0.05, 0) is 30.5 Å².